The lowest BCUT2D eigenvalue weighted by Gasteiger charge is -2.12. The molecule has 1 aromatic carbocycles. The lowest BCUT2D eigenvalue weighted by atomic mass is 10.0. The summed E-state index contributed by atoms with van der Waals surface area (Å²) in [5.74, 6) is 1.78. The molecule has 1 aliphatic heterocycles. The zero-order chi connectivity index (χ0) is 11.4. The van der Waals surface area contributed by atoms with Gasteiger partial charge in [0.2, 0.25) is 0 Å². The third-order valence-corrected chi connectivity index (χ3v) is 3.08. The van der Waals surface area contributed by atoms with Crippen LogP contribution >= 0.6 is 0 Å². The molecule has 2 rings (SSSR count). The Morgan fingerprint density at radius 3 is 3.00 bits per heavy atom. The highest BCUT2D eigenvalue weighted by Crippen LogP contribution is 2.28. The average Bonchev–Trinajstić information content (AvgIpc) is 2.74. The van der Waals surface area contributed by atoms with E-state index in [9.17, 15) is 0 Å². The molecule has 1 saturated heterocycles. The molecular weight excluding hydrogens is 198 g/mol. The van der Waals surface area contributed by atoms with E-state index in [1.54, 1.807) is 0 Å². The molecule has 0 bridgehead atoms. The van der Waals surface area contributed by atoms with Crippen LogP contribution in [-0.2, 0) is 0 Å². The predicted octanol–water partition coefficient (Wildman–Crippen LogP) is 3.15. The standard InChI is InChI=1S/C14H21NO/c1-3-7-16-13-6-4-5-12(9-13)14-8-11(2)10-15-14/h4-6,9,11,14-15H,3,7-8,10H2,1-2H3. The fraction of sp³-hybridized carbons (Fsp3) is 0.571. The van der Waals surface area contributed by atoms with Gasteiger partial charge in [0.15, 0.2) is 0 Å². The van der Waals surface area contributed by atoms with Crippen molar-refractivity contribution < 1.29 is 4.74 Å². The van der Waals surface area contributed by atoms with Crippen molar-refractivity contribution in [3.63, 3.8) is 0 Å². The van der Waals surface area contributed by atoms with Gasteiger partial charge in [0.1, 0.15) is 5.75 Å². The first-order chi connectivity index (χ1) is 7.79. The first-order valence-corrected chi connectivity index (χ1v) is 6.25. The molecule has 1 aliphatic rings. The van der Waals surface area contributed by atoms with Crippen molar-refractivity contribution in [3.8, 4) is 5.75 Å². The lowest BCUT2D eigenvalue weighted by Crippen LogP contribution is -2.13. The molecular formula is C14H21NO. The molecule has 0 radical (unpaired) electrons. The predicted molar refractivity (Wildman–Crippen MR) is 66.8 cm³/mol. The summed E-state index contributed by atoms with van der Waals surface area (Å²) in [6.45, 7) is 6.36. The largest absolute Gasteiger partial charge is 0.494 e. The van der Waals surface area contributed by atoms with E-state index in [0.29, 0.717) is 6.04 Å². The summed E-state index contributed by atoms with van der Waals surface area (Å²) in [7, 11) is 0. The maximum atomic E-state index is 5.65. The summed E-state index contributed by atoms with van der Waals surface area (Å²) in [6, 6.07) is 9.00. The molecule has 1 heterocycles. The van der Waals surface area contributed by atoms with Crippen LogP contribution in [0.2, 0.25) is 0 Å². The van der Waals surface area contributed by atoms with E-state index in [-0.39, 0.29) is 0 Å². The second-order valence-corrected chi connectivity index (χ2v) is 4.72. The van der Waals surface area contributed by atoms with Gasteiger partial charge < -0.3 is 10.1 Å². The molecule has 2 unspecified atom stereocenters. The number of rotatable bonds is 4. The van der Waals surface area contributed by atoms with Crippen LogP contribution in [0.5, 0.6) is 5.75 Å². The molecule has 2 nitrogen and oxygen atoms in total. The van der Waals surface area contributed by atoms with Gasteiger partial charge in [0, 0.05) is 6.04 Å². The molecule has 1 N–H and O–H groups in total. The van der Waals surface area contributed by atoms with E-state index in [0.717, 1.165) is 31.2 Å². The van der Waals surface area contributed by atoms with Crippen molar-refractivity contribution in [1.82, 2.24) is 5.32 Å². The van der Waals surface area contributed by atoms with Gasteiger partial charge in [-0.2, -0.15) is 0 Å². The Morgan fingerprint density at radius 1 is 1.44 bits per heavy atom. The second kappa shape index (κ2) is 5.35. The summed E-state index contributed by atoms with van der Waals surface area (Å²) in [5.41, 5.74) is 1.36. The molecule has 2 atom stereocenters. The Kier molecular flexibility index (Phi) is 3.83. The molecule has 1 aromatic rings. The van der Waals surface area contributed by atoms with Crippen molar-refractivity contribution >= 4 is 0 Å². The average molecular weight is 219 g/mol. The molecule has 0 saturated carbocycles. The van der Waals surface area contributed by atoms with Crippen molar-refractivity contribution in [2.75, 3.05) is 13.2 Å². The Morgan fingerprint density at radius 2 is 2.31 bits per heavy atom. The van der Waals surface area contributed by atoms with Crippen molar-refractivity contribution in [3.05, 3.63) is 29.8 Å². The zero-order valence-electron chi connectivity index (χ0n) is 10.2. The number of benzene rings is 1. The van der Waals surface area contributed by atoms with Crippen LogP contribution < -0.4 is 10.1 Å². The lowest BCUT2D eigenvalue weighted by molar-refractivity contribution is 0.317. The minimum Gasteiger partial charge on any atom is -0.494 e. The van der Waals surface area contributed by atoms with Crippen LogP contribution in [-0.4, -0.2) is 13.2 Å². The molecule has 0 spiro atoms. The van der Waals surface area contributed by atoms with Gasteiger partial charge in [-0.15, -0.1) is 0 Å². The highest BCUT2D eigenvalue weighted by atomic mass is 16.5. The third-order valence-electron chi connectivity index (χ3n) is 3.08. The van der Waals surface area contributed by atoms with E-state index >= 15 is 0 Å². The number of nitrogens with one attached hydrogen (secondary N) is 1. The Bertz CT molecular complexity index is 337. The normalized spacial score (nSPS) is 24.6. The Labute approximate surface area is 98.0 Å². The first-order valence-electron chi connectivity index (χ1n) is 6.25. The van der Waals surface area contributed by atoms with Gasteiger partial charge in [-0.3, -0.25) is 0 Å². The summed E-state index contributed by atoms with van der Waals surface area (Å²) in [6.07, 6.45) is 2.29. The summed E-state index contributed by atoms with van der Waals surface area (Å²) >= 11 is 0. The monoisotopic (exact) mass is 219 g/mol. The topological polar surface area (TPSA) is 21.3 Å². The number of hydrogen-bond donors (Lipinski definition) is 1. The molecule has 1 fully saturated rings. The molecule has 16 heavy (non-hydrogen) atoms. The number of ether oxygens (including phenoxy) is 1. The fourth-order valence-electron chi connectivity index (χ4n) is 2.21. The molecule has 0 aliphatic carbocycles. The molecule has 2 heteroatoms. The van der Waals surface area contributed by atoms with E-state index in [1.807, 2.05) is 6.07 Å². The zero-order valence-corrected chi connectivity index (χ0v) is 10.2. The molecule has 0 aromatic heterocycles. The smallest absolute Gasteiger partial charge is 0.119 e. The molecule has 88 valence electrons. The van der Waals surface area contributed by atoms with Crippen LogP contribution in [0.4, 0.5) is 0 Å². The second-order valence-electron chi connectivity index (χ2n) is 4.72. The van der Waals surface area contributed by atoms with Crippen molar-refractivity contribution in [2.45, 2.75) is 32.7 Å². The molecule has 0 amide bonds. The summed E-state index contributed by atoms with van der Waals surface area (Å²) in [5, 5.41) is 3.55. The van der Waals surface area contributed by atoms with Crippen LogP contribution in [0.15, 0.2) is 24.3 Å². The fourth-order valence-corrected chi connectivity index (χ4v) is 2.21. The quantitative estimate of drug-likeness (QED) is 0.840. The van der Waals surface area contributed by atoms with Gasteiger partial charge in [0.25, 0.3) is 0 Å². The highest BCUT2D eigenvalue weighted by molar-refractivity contribution is 5.31. The van der Waals surface area contributed by atoms with E-state index < -0.39 is 0 Å². The van der Waals surface area contributed by atoms with E-state index in [4.69, 9.17) is 4.74 Å². The SMILES string of the molecule is CCCOc1cccc(C2CC(C)CN2)c1. The highest BCUT2D eigenvalue weighted by Gasteiger charge is 2.21. The van der Waals surface area contributed by atoms with Crippen molar-refractivity contribution in [2.24, 2.45) is 5.92 Å². The van der Waals surface area contributed by atoms with E-state index in [2.05, 4.69) is 37.4 Å². The van der Waals surface area contributed by atoms with Gasteiger partial charge in [0.05, 0.1) is 6.61 Å². The Hall–Kier alpha value is -1.02. The summed E-state index contributed by atoms with van der Waals surface area (Å²) < 4.78 is 5.65. The minimum atomic E-state index is 0.514. The van der Waals surface area contributed by atoms with Gasteiger partial charge in [-0.25, -0.2) is 0 Å². The van der Waals surface area contributed by atoms with Gasteiger partial charge in [-0.05, 0) is 43.0 Å². The van der Waals surface area contributed by atoms with Gasteiger partial charge >= 0.3 is 0 Å². The summed E-state index contributed by atoms with van der Waals surface area (Å²) in [4.78, 5) is 0. The van der Waals surface area contributed by atoms with Crippen molar-refractivity contribution in [1.29, 1.82) is 0 Å². The van der Waals surface area contributed by atoms with Gasteiger partial charge in [-0.1, -0.05) is 26.0 Å². The van der Waals surface area contributed by atoms with Crippen LogP contribution in [0.25, 0.3) is 0 Å². The van der Waals surface area contributed by atoms with Crippen LogP contribution in [0, 0.1) is 5.92 Å². The first kappa shape index (κ1) is 11.5. The third kappa shape index (κ3) is 2.76. The maximum absolute atomic E-state index is 5.65. The minimum absolute atomic E-state index is 0.514. The maximum Gasteiger partial charge on any atom is 0.119 e. The Balaban J connectivity index is 2.04. The number of hydrogen-bond acceptors (Lipinski definition) is 2. The van der Waals surface area contributed by atoms with Crippen LogP contribution in [0.3, 0.4) is 0 Å². The van der Waals surface area contributed by atoms with E-state index in [1.165, 1.54) is 12.0 Å². The van der Waals surface area contributed by atoms with Crippen LogP contribution in [0.1, 0.15) is 38.3 Å².